The van der Waals surface area contributed by atoms with Crippen molar-refractivity contribution in [3.63, 3.8) is 0 Å². The molecule has 3 rings (SSSR count). The lowest BCUT2D eigenvalue weighted by Crippen LogP contribution is -2.35. The normalized spacial score (nSPS) is 10.1. The van der Waals surface area contributed by atoms with Gasteiger partial charge < -0.3 is 5.11 Å². The first-order valence-corrected chi connectivity index (χ1v) is 7.84. The average molecular weight is 330 g/mol. The van der Waals surface area contributed by atoms with Crippen molar-refractivity contribution in [2.45, 2.75) is 0 Å². The summed E-state index contributed by atoms with van der Waals surface area (Å²) in [5, 5.41) is 9.69. The van der Waals surface area contributed by atoms with Gasteiger partial charge in [0.2, 0.25) is 0 Å². The highest BCUT2D eigenvalue weighted by atomic mass is 16.3. The van der Waals surface area contributed by atoms with Crippen molar-refractivity contribution in [2.24, 2.45) is 0 Å². The van der Waals surface area contributed by atoms with Crippen LogP contribution in [-0.4, -0.2) is 11.0 Å². The van der Waals surface area contributed by atoms with Gasteiger partial charge in [-0.1, -0.05) is 73.3 Å². The van der Waals surface area contributed by atoms with Crippen molar-refractivity contribution in [1.82, 2.24) is 10.9 Å². The Labute approximate surface area is 146 Å². The van der Waals surface area contributed by atoms with Crippen LogP contribution in [-0.2, 0) is 0 Å². The lowest BCUT2D eigenvalue weighted by molar-refractivity contribution is 0.0940. The van der Waals surface area contributed by atoms with E-state index in [1.165, 1.54) is 6.07 Å². The molecule has 0 spiro atoms. The molecule has 0 aliphatic carbocycles. The molecule has 4 nitrogen and oxygen atoms in total. The standard InChI is InChI=1S/C21H18N2O2/c1-15(22-23-21(25)19-9-5-6-10-20(19)24)16-11-13-18(14-12-16)17-7-3-2-4-8-17/h2-14,22,24H,1H2,(H,23,25). The number of amides is 1. The molecule has 0 atom stereocenters. The summed E-state index contributed by atoms with van der Waals surface area (Å²) < 4.78 is 0. The maximum atomic E-state index is 12.1. The molecule has 3 N–H and O–H groups in total. The van der Waals surface area contributed by atoms with Gasteiger partial charge in [0.05, 0.1) is 11.3 Å². The highest BCUT2D eigenvalue weighted by Crippen LogP contribution is 2.21. The van der Waals surface area contributed by atoms with Crippen LogP contribution >= 0.6 is 0 Å². The number of para-hydroxylation sites is 1. The summed E-state index contributed by atoms with van der Waals surface area (Å²) in [7, 11) is 0. The van der Waals surface area contributed by atoms with Crippen LogP contribution in [0.25, 0.3) is 16.8 Å². The number of benzene rings is 3. The van der Waals surface area contributed by atoms with Crippen LogP contribution in [0.5, 0.6) is 5.75 Å². The van der Waals surface area contributed by atoms with E-state index in [0.717, 1.165) is 16.7 Å². The number of rotatable bonds is 5. The Bertz CT molecular complexity index is 887. The van der Waals surface area contributed by atoms with Crippen LogP contribution in [0.4, 0.5) is 0 Å². The van der Waals surface area contributed by atoms with Gasteiger partial charge in [-0.25, -0.2) is 0 Å². The molecule has 0 fully saturated rings. The zero-order valence-corrected chi connectivity index (χ0v) is 13.6. The predicted octanol–water partition coefficient (Wildman–Crippen LogP) is 3.96. The zero-order valence-electron chi connectivity index (χ0n) is 13.6. The first-order valence-electron chi connectivity index (χ1n) is 7.84. The molecule has 0 saturated heterocycles. The number of carbonyl (C=O) groups excluding carboxylic acids is 1. The summed E-state index contributed by atoms with van der Waals surface area (Å²) in [5.74, 6) is -0.500. The number of hydrogen-bond acceptors (Lipinski definition) is 3. The second kappa shape index (κ2) is 7.36. The Kier molecular flexibility index (Phi) is 4.81. The summed E-state index contributed by atoms with van der Waals surface area (Å²) in [4.78, 5) is 12.1. The molecule has 0 aliphatic heterocycles. The molecule has 4 heteroatoms. The van der Waals surface area contributed by atoms with E-state index >= 15 is 0 Å². The molecule has 0 radical (unpaired) electrons. The second-order valence-corrected chi connectivity index (χ2v) is 5.52. The van der Waals surface area contributed by atoms with Gasteiger partial charge in [-0.15, -0.1) is 0 Å². The van der Waals surface area contributed by atoms with Gasteiger partial charge in [-0.2, -0.15) is 0 Å². The zero-order chi connectivity index (χ0) is 17.6. The van der Waals surface area contributed by atoms with Gasteiger partial charge in [0.25, 0.3) is 5.91 Å². The largest absolute Gasteiger partial charge is 0.507 e. The summed E-state index contributed by atoms with van der Waals surface area (Å²) in [6.45, 7) is 3.93. The molecule has 0 saturated carbocycles. The van der Waals surface area contributed by atoms with E-state index in [2.05, 4.69) is 29.6 Å². The molecule has 3 aromatic carbocycles. The van der Waals surface area contributed by atoms with Gasteiger partial charge in [0.15, 0.2) is 0 Å². The minimum Gasteiger partial charge on any atom is -0.507 e. The van der Waals surface area contributed by atoms with Gasteiger partial charge >= 0.3 is 0 Å². The van der Waals surface area contributed by atoms with Crippen molar-refractivity contribution in [3.05, 3.63) is 96.6 Å². The highest BCUT2D eigenvalue weighted by molar-refractivity contribution is 5.96. The quantitative estimate of drug-likeness (QED) is 0.621. The Morgan fingerprint density at radius 1 is 0.760 bits per heavy atom. The third-order valence-electron chi connectivity index (χ3n) is 3.82. The molecular weight excluding hydrogens is 312 g/mol. The summed E-state index contributed by atoms with van der Waals surface area (Å²) >= 11 is 0. The third-order valence-corrected chi connectivity index (χ3v) is 3.82. The fourth-order valence-electron chi connectivity index (χ4n) is 2.43. The second-order valence-electron chi connectivity index (χ2n) is 5.52. The lowest BCUT2D eigenvalue weighted by Gasteiger charge is -2.12. The number of hydrogen-bond donors (Lipinski definition) is 3. The van der Waals surface area contributed by atoms with Crippen LogP contribution < -0.4 is 10.9 Å². The van der Waals surface area contributed by atoms with Crippen LogP contribution in [0, 0.1) is 0 Å². The van der Waals surface area contributed by atoms with E-state index in [9.17, 15) is 9.90 Å². The third kappa shape index (κ3) is 3.87. The Hall–Kier alpha value is -3.53. The van der Waals surface area contributed by atoms with Crippen molar-refractivity contribution < 1.29 is 9.90 Å². The van der Waals surface area contributed by atoms with Crippen LogP contribution in [0.1, 0.15) is 15.9 Å². The fourth-order valence-corrected chi connectivity index (χ4v) is 2.43. The van der Waals surface area contributed by atoms with Crippen LogP contribution in [0.3, 0.4) is 0 Å². The number of nitrogens with one attached hydrogen (secondary N) is 2. The van der Waals surface area contributed by atoms with Crippen molar-refractivity contribution >= 4 is 11.6 Å². The smallest absolute Gasteiger partial charge is 0.273 e. The number of aromatic hydroxyl groups is 1. The molecule has 124 valence electrons. The number of carbonyl (C=O) groups is 1. The van der Waals surface area contributed by atoms with Gasteiger partial charge in [0, 0.05) is 0 Å². The van der Waals surface area contributed by atoms with Crippen molar-refractivity contribution in [1.29, 1.82) is 0 Å². The summed E-state index contributed by atoms with van der Waals surface area (Å²) in [6, 6.07) is 24.3. The maximum Gasteiger partial charge on any atom is 0.273 e. The van der Waals surface area contributed by atoms with Crippen molar-refractivity contribution in [3.8, 4) is 16.9 Å². The molecule has 0 bridgehead atoms. The molecule has 0 aromatic heterocycles. The molecule has 25 heavy (non-hydrogen) atoms. The van der Waals surface area contributed by atoms with E-state index in [1.54, 1.807) is 18.2 Å². The van der Waals surface area contributed by atoms with Crippen LogP contribution in [0.2, 0.25) is 0 Å². The van der Waals surface area contributed by atoms with E-state index in [4.69, 9.17) is 0 Å². The van der Waals surface area contributed by atoms with E-state index in [1.807, 2.05) is 42.5 Å². The molecule has 0 unspecified atom stereocenters. The molecule has 0 heterocycles. The van der Waals surface area contributed by atoms with E-state index in [-0.39, 0.29) is 11.3 Å². The minimum absolute atomic E-state index is 0.0698. The molecule has 1 amide bonds. The minimum atomic E-state index is -0.430. The molecule has 0 aliphatic rings. The monoisotopic (exact) mass is 330 g/mol. The summed E-state index contributed by atoms with van der Waals surface area (Å²) in [6.07, 6.45) is 0. The highest BCUT2D eigenvalue weighted by Gasteiger charge is 2.10. The van der Waals surface area contributed by atoms with Crippen molar-refractivity contribution in [2.75, 3.05) is 0 Å². The summed E-state index contributed by atoms with van der Waals surface area (Å²) in [5.41, 5.74) is 9.17. The van der Waals surface area contributed by atoms with Gasteiger partial charge in [-0.05, 0) is 28.8 Å². The van der Waals surface area contributed by atoms with E-state index < -0.39 is 5.91 Å². The SMILES string of the molecule is C=C(NNC(=O)c1ccccc1O)c1ccc(-c2ccccc2)cc1. The van der Waals surface area contributed by atoms with Crippen LogP contribution in [0.15, 0.2) is 85.4 Å². The molecular formula is C21H18N2O2. The predicted molar refractivity (Wildman–Crippen MR) is 99.6 cm³/mol. The lowest BCUT2D eigenvalue weighted by atomic mass is 10.0. The Balaban J connectivity index is 1.64. The Morgan fingerprint density at radius 2 is 1.36 bits per heavy atom. The fraction of sp³-hybridized carbons (Fsp3) is 0. The number of phenols is 1. The topological polar surface area (TPSA) is 61.4 Å². The van der Waals surface area contributed by atoms with E-state index in [0.29, 0.717) is 5.70 Å². The average Bonchev–Trinajstić information content (AvgIpc) is 2.67. The van der Waals surface area contributed by atoms with Gasteiger partial charge in [-0.3, -0.25) is 15.6 Å². The molecule has 3 aromatic rings. The first-order chi connectivity index (χ1) is 12.1. The number of hydrazine groups is 1. The maximum absolute atomic E-state index is 12.1. The van der Waals surface area contributed by atoms with Gasteiger partial charge in [0.1, 0.15) is 5.75 Å². The number of phenolic OH excluding ortho intramolecular Hbond substituents is 1. The first kappa shape index (κ1) is 16.3. The Morgan fingerprint density at radius 3 is 2.04 bits per heavy atom.